The van der Waals surface area contributed by atoms with E-state index in [1.54, 1.807) is 0 Å². The maximum absolute atomic E-state index is 5.80. The van der Waals surface area contributed by atoms with Crippen molar-refractivity contribution in [3.8, 4) is 0 Å². The van der Waals surface area contributed by atoms with Crippen LogP contribution in [0.4, 0.5) is 5.13 Å². The molecule has 2 N–H and O–H groups in total. The van der Waals surface area contributed by atoms with Gasteiger partial charge in [-0.05, 0) is 19.4 Å². The van der Waals surface area contributed by atoms with E-state index in [9.17, 15) is 0 Å². The summed E-state index contributed by atoms with van der Waals surface area (Å²) in [7, 11) is 0. The summed E-state index contributed by atoms with van der Waals surface area (Å²) in [5, 5.41) is 1.02. The molecule has 0 unspecified atom stereocenters. The van der Waals surface area contributed by atoms with Crippen LogP contribution in [0.1, 0.15) is 18.7 Å². The van der Waals surface area contributed by atoms with E-state index in [1.165, 1.54) is 11.3 Å². The number of hydrogen-bond acceptors (Lipinski definition) is 3. The minimum atomic E-state index is 0.503. The van der Waals surface area contributed by atoms with Crippen molar-refractivity contribution in [2.75, 3.05) is 5.73 Å². The zero-order valence-electron chi connectivity index (χ0n) is 6.39. The molecule has 0 saturated carbocycles. The molecule has 1 heterocycles. The van der Waals surface area contributed by atoms with Gasteiger partial charge < -0.3 is 5.73 Å². The van der Waals surface area contributed by atoms with Crippen molar-refractivity contribution in [1.82, 2.24) is 4.98 Å². The van der Waals surface area contributed by atoms with Gasteiger partial charge in [0.25, 0.3) is 0 Å². The third-order valence-corrected chi connectivity index (χ3v) is 2.80. The number of rotatable bonds is 1. The number of thiazole rings is 1. The molecule has 4 heteroatoms. The molecular weight excluding hydrogens is 180 g/mol. The Labute approximate surface area is 74.7 Å². The molecule has 1 rings (SSSR count). The SMILES string of the molecule is CC=C(C)c1sc(N)nc1Cl. The van der Waals surface area contributed by atoms with Crippen LogP contribution >= 0.6 is 22.9 Å². The second-order valence-electron chi connectivity index (χ2n) is 2.14. The van der Waals surface area contributed by atoms with E-state index in [-0.39, 0.29) is 0 Å². The molecule has 0 aliphatic heterocycles. The monoisotopic (exact) mass is 188 g/mol. The molecule has 0 radical (unpaired) electrons. The van der Waals surface area contributed by atoms with Gasteiger partial charge in [-0.3, -0.25) is 0 Å². The molecule has 0 saturated heterocycles. The van der Waals surface area contributed by atoms with E-state index < -0.39 is 0 Å². The van der Waals surface area contributed by atoms with Gasteiger partial charge in [-0.1, -0.05) is 29.0 Å². The molecule has 60 valence electrons. The van der Waals surface area contributed by atoms with Crippen molar-refractivity contribution in [3.05, 3.63) is 16.1 Å². The van der Waals surface area contributed by atoms with Crippen LogP contribution in [0.25, 0.3) is 5.57 Å². The molecule has 0 aliphatic rings. The van der Waals surface area contributed by atoms with E-state index in [0.717, 1.165) is 10.5 Å². The second-order valence-corrected chi connectivity index (χ2v) is 3.53. The van der Waals surface area contributed by atoms with Crippen LogP contribution in [0.15, 0.2) is 6.08 Å². The van der Waals surface area contributed by atoms with Gasteiger partial charge in [0.1, 0.15) is 5.15 Å². The van der Waals surface area contributed by atoms with Crippen LogP contribution in [0.2, 0.25) is 5.15 Å². The van der Waals surface area contributed by atoms with Crippen LogP contribution in [-0.4, -0.2) is 4.98 Å². The van der Waals surface area contributed by atoms with Gasteiger partial charge in [-0.2, -0.15) is 0 Å². The van der Waals surface area contributed by atoms with Gasteiger partial charge in [0.2, 0.25) is 0 Å². The smallest absolute Gasteiger partial charge is 0.182 e. The van der Waals surface area contributed by atoms with Crippen LogP contribution in [-0.2, 0) is 0 Å². The van der Waals surface area contributed by atoms with Gasteiger partial charge >= 0.3 is 0 Å². The Morgan fingerprint density at radius 2 is 2.36 bits per heavy atom. The molecule has 1 aromatic rings. The molecule has 0 atom stereocenters. The normalized spacial score (nSPS) is 12.1. The average molecular weight is 189 g/mol. The molecular formula is C7H9ClN2S. The van der Waals surface area contributed by atoms with Crippen LogP contribution in [0, 0.1) is 0 Å². The van der Waals surface area contributed by atoms with Crippen LogP contribution in [0.3, 0.4) is 0 Å². The van der Waals surface area contributed by atoms with Gasteiger partial charge in [0.15, 0.2) is 5.13 Å². The van der Waals surface area contributed by atoms with E-state index in [4.69, 9.17) is 17.3 Å². The van der Waals surface area contributed by atoms with Gasteiger partial charge in [-0.25, -0.2) is 4.98 Å². The van der Waals surface area contributed by atoms with Crippen molar-refractivity contribution >= 4 is 33.6 Å². The first-order valence-corrected chi connectivity index (χ1v) is 4.39. The number of nitrogens with two attached hydrogens (primary N) is 1. The summed E-state index contributed by atoms with van der Waals surface area (Å²) in [6, 6.07) is 0. The highest BCUT2D eigenvalue weighted by atomic mass is 35.5. The maximum Gasteiger partial charge on any atom is 0.182 e. The summed E-state index contributed by atoms with van der Waals surface area (Å²) in [6.07, 6.45) is 1.98. The summed E-state index contributed by atoms with van der Waals surface area (Å²) in [5.41, 5.74) is 6.58. The summed E-state index contributed by atoms with van der Waals surface area (Å²) in [6.45, 7) is 3.94. The fraction of sp³-hybridized carbons (Fsp3) is 0.286. The lowest BCUT2D eigenvalue weighted by Crippen LogP contribution is -1.78. The van der Waals surface area contributed by atoms with Gasteiger partial charge in [0, 0.05) is 0 Å². The lowest BCUT2D eigenvalue weighted by atomic mass is 10.3. The zero-order chi connectivity index (χ0) is 8.43. The Morgan fingerprint density at radius 3 is 2.73 bits per heavy atom. The number of aromatic nitrogens is 1. The van der Waals surface area contributed by atoms with Crippen molar-refractivity contribution in [3.63, 3.8) is 0 Å². The first-order valence-electron chi connectivity index (χ1n) is 3.20. The van der Waals surface area contributed by atoms with Crippen LogP contribution < -0.4 is 5.73 Å². The lowest BCUT2D eigenvalue weighted by Gasteiger charge is -1.92. The van der Waals surface area contributed by atoms with E-state index in [1.807, 2.05) is 19.9 Å². The van der Waals surface area contributed by atoms with Crippen molar-refractivity contribution in [2.24, 2.45) is 0 Å². The molecule has 11 heavy (non-hydrogen) atoms. The molecule has 0 fully saturated rings. The lowest BCUT2D eigenvalue weighted by molar-refractivity contribution is 1.41. The highest BCUT2D eigenvalue weighted by molar-refractivity contribution is 7.17. The van der Waals surface area contributed by atoms with Crippen LogP contribution in [0.5, 0.6) is 0 Å². The first-order chi connectivity index (χ1) is 5.15. The molecule has 0 amide bonds. The Hall–Kier alpha value is -0.540. The minimum absolute atomic E-state index is 0.503. The first kappa shape index (κ1) is 8.56. The molecule has 0 bridgehead atoms. The maximum atomic E-state index is 5.80. The summed E-state index contributed by atoms with van der Waals surface area (Å²) in [5.74, 6) is 0. The molecule has 1 aromatic heterocycles. The number of nitrogens with zero attached hydrogens (tertiary/aromatic N) is 1. The van der Waals surface area contributed by atoms with E-state index >= 15 is 0 Å². The van der Waals surface area contributed by atoms with Gasteiger partial charge in [-0.15, -0.1) is 0 Å². The third kappa shape index (κ3) is 1.73. The highest BCUT2D eigenvalue weighted by Gasteiger charge is 2.07. The number of allylic oxidation sites excluding steroid dienone is 2. The number of anilines is 1. The highest BCUT2D eigenvalue weighted by Crippen LogP contribution is 2.30. The predicted octanol–water partition coefficient (Wildman–Crippen LogP) is 2.80. The van der Waals surface area contributed by atoms with Crippen molar-refractivity contribution < 1.29 is 0 Å². The Kier molecular flexibility index (Phi) is 2.52. The Balaban J connectivity index is 3.13. The fourth-order valence-corrected chi connectivity index (χ4v) is 1.85. The molecule has 0 aliphatic carbocycles. The Bertz CT molecular complexity index is 291. The Morgan fingerprint density at radius 1 is 1.73 bits per heavy atom. The number of halogens is 1. The van der Waals surface area contributed by atoms with E-state index in [0.29, 0.717) is 10.3 Å². The fourth-order valence-electron chi connectivity index (χ4n) is 0.691. The molecule has 0 spiro atoms. The zero-order valence-corrected chi connectivity index (χ0v) is 7.96. The average Bonchev–Trinajstić information content (AvgIpc) is 2.28. The summed E-state index contributed by atoms with van der Waals surface area (Å²) < 4.78 is 0. The van der Waals surface area contributed by atoms with Gasteiger partial charge in [0.05, 0.1) is 4.88 Å². The largest absolute Gasteiger partial charge is 0.375 e. The molecule has 0 aromatic carbocycles. The topological polar surface area (TPSA) is 38.9 Å². The summed E-state index contributed by atoms with van der Waals surface area (Å²) >= 11 is 7.21. The molecule has 2 nitrogen and oxygen atoms in total. The minimum Gasteiger partial charge on any atom is -0.375 e. The number of hydrogen-bond donors (Lipinski definition) is 1. The predicted molar refractivity (Wildman–Crippen MR) is 50.9 cm³/mol. The van der Waals surface area contributed by atoms with Crippen molar-refractivity contribution in [1.29, 1.82) is 0 Å². The second kappa shape index (κ2) is 3.24. The number of nitrogen functional groups attached to an aromatic ring is 1. The third-order valence-electron chi connectivity index (χ3n) is 1.39. The quantitative estimate of drug-likeness (QED) is 0.736. The summed E-state index contributed by atoms with van der Waals surface area (Å²) in [4.78, 5) is 4.87. The van der Waals surface area contributed by atoms with E-state index in [2.05, 4.69) is 4.98 Å². The standard InChI is InChI=1S/C7H9ClN2S/c1-3-4(2)5-6(8)10-7(9)11-5/h3H,1-2H3,(H2,9,10). The van der Waals surface area contributed by atoms with Crippen molar-refractivity contribution in [2.45, 2.75) is 13.8 Å².